The van der Waals surface area contributed by atoms with E-state index in [0.717, 1.165) is 44.1 Å². The van der Waals surface area contributed by atoms with Crippen LogP contribution in [0.1, 0.15) is 33.6 Å². The van der Waals surface area contributed by atoms with Gasteiger partial charge in [-0.3, -0.25) is 0 Å². The second-order valence-electron chi connectivity index (χ2n) is 6.52. The SMILES string of the molecule is CC(C)(C)CNc1cc(N2CCCC(N)C2)ncn1. The van der Waals surface area contributed by atoms with Crippen LogP contribution in [0.4, 0.5) is 11.6 Å². The summed E-state index contributed by atoms with van der Waals surface area (Å²) >= 11 is 0. The van der Waals surface area contributed by atoms with Crippen LogP contribution in [0.15, 0.2) is 12.4 Å². The van der Waals surface area contributed by atoms with Crippen LogP contribution in [0.2, 0.25) is 0 Å². The fraction of sp³-hybridized carbons (Fsp3) is 0.714. The lowest BCUT2D eigenvalue weighted by atomic mass is 9.97. The summed E-state index contributed by atoms with van der Waals surface area (Å²) in [5, 5.41) is 3.37. The molecule has 5 heteroatoms. The monoisotopic (exact) mass is 263 g/mol. The number of rotatable bonds is 3. The smallest absolute Gasteiger partial charge is 0.134 e. The summed E-state index contributed by atoms with van der Waals surface area (Å²) in [6.45, 7) is 9.41. The summed E-state index contributed by atoms with van der Waals surface area (Å²) in [5.41, 5.74) is 6.25. The van der Waals surface area contributed by atoms with Crippen molar-refractivity contribution in [2.75, 3.05) is 29.9 Å². The van der Waals surface area contributed by atoms with Crippen LogP contribution in [-0.2, 0) is 0 Å². The fourth-order valence-electron chi connectivity index (χ4n) is 2.19. The highest BCUT2D eigenvalue weighted by atomic mass is 15.2. The number of anilines is 2. The Labute approximate surface area is 115 Å². The van der Waals surface area contributed by atoms with Crippen LogP contribution in [0.25, 0.3) is 0 Å². The first-order valence-electron chi connectivity index (χ1n) is 7.00. The third kappa shape index (κ3) is 4.35. The van der Waals surface area contributed by atoms with Crippen LogP contribution in [0, 0.1) is 5.41 Å². The van der Waals surface area contributed by atoms with Crippen LogP contribution in [0.5, 0.6) is 0 Å². The molecule has 0 amide bonds. The molecule has 1 aliphatic rings. The van der Waals surface area contributed by atoms with E-state index in [1.165, 1.54) is 0 Å². The number of hydrogen-bond acceptors (Lipinski definition) is 5. The number of hydrogen-bond donors (Lipinski definition) is 2. The van der Waals surface area contributed by atoms with Gasteiger partial charge in [-0.2, -0.15) is 0 Å². The van der Waals surface area contributed by atoms with Crippen molar-refractivity contribution in [3.05, 3.63) is 12.4 Å². The molecular formula is C14H25N5. The molecular weight excluding hydrogens is 238 g/mol. The highest BCUT2D eigenvalue weighted by Crippen LogP contribution is 2.20. The van der Waals surface area contributed by atoms with Crippen molar-refractivity contribution in [2.45, 2.75) is 39.7 Å². The molecule has 1 fully saturated rings. The van der Waals surface area contributed by atoms with Crippen molar-refractivity contribution in [1.29, 1.82) is 0 Å². The molecule has 2 heterocycles. The van der Waals surface area contributed by atoms with Gasteiger partial charge in [-0.15, -0.1) is 0 Å². The van der Waals surface area contributed by atoms with Gasteiger partial charge in [-0.25, -0.2) is 9.97 Å². The maximum Gasteiger partial charge on any atom is 0.134 e. The zero-order chi connectivity index (χ0) is 13.9. The van der Waals surface area contributed by atoms with Crippen molar-refractivity contribution in [3.63, 3.8) is 0 Å². The molecule has 1 aromatic heterocycles. The largest absolute Gasteiger partial charge is 0.369 e. The molecule has 1 atom stereocenters. The summed E-state index contributed by atoms with van der Waals surface area (Å²) in [6, 6.07) is 2.28. The van der Waals surface area contributed by atoms with E-state index < -0.39 is 0 Å². The minimum absolute atomic E-state index is 0.235. The third-order valence-electron chi connectivity index (χ3n) is 3.23. The molecule has 0 saturated carbocycles. The average Bonchev–Trinajstić information content (AvgIpc) is 2.36. The van der Waals surface area contributed by atoms with Gasteiger partial charge in [-0.1, -0.05) is 20.8 Å². The van der Waals surface area contributed by atoms with E-state index in [-0.39, 0.29) is 11.5 Å². The van der Waals surface area contributed by atoms with Crippen molar-refractivity contribution in [2.24, 2.45) is 11.1 Å². The van der Waals surface area contributed by atoms with Gasteiger partial charge in [0.05, 0.1) is 0 Å². The molecule has 1 aromatic rings. The van der Waals surface area contributed by atoms with E-state index in [9.17, 15) is 0 Å². The first kappa shape index (κ1) is 14.1. The molecule has 1 aliphatic heterocycles. The van der Waals surface area contributed by atoms with E-state index >= 15 is 0 Å². The molecule has 0 aliphatic carbocycles. The number of piperidine rings is 1. The number of nitrogens with one attached hydrogen (secondary N) is 1. The lowest BCUT2D eigenvalue weighted by Crippen LogP contribution is -2.43. The summed E-state index contributed by atoms with van der Waals surface area (Å²) in [6.07, 6.45) is 3.87. The molecule has 0 bridgehead atoms. The Morgan fingerprint density at radius 2 is 2.21 bits per heavy atom. The quantitative estimate of drug-likeness (QED) is 0.871. The van der Waals surface area contributed by atoms with Gasteiger partial charge < -0.3 is 16.0 Å². The second kappa shape index (κ2) is 5.74. The van der Waals surface area contributed by atoms with Crippen LogP contribution in [0.3, 0.4) is 0 Å². The summed E-state index contributed by atoms with van der Waals surface area (Å²) in [4.78, 5) is 10.9. The molecule has 2 rings (SSSR count). The summed E-state index contributed by atoms with van der Waals surface area (Å²) in [7, 11) is 0. The molecule has 5 nitrogen and oxygen atoms in total. The topological polar surface area (TPSA) is 67.1 Å². The zero-order valence-electron chi connectivity index (χ0n) is 12.2. The van der Waals surface area contributed by atoms with Gasteiger partial charge in [0.25, 0.3) is 0 Å². The lowest BCUT2D eigenvalue weighted by Gasteiger charge is -2.31. The zero-order valence-corrected chi connectivity index (χ0v) is 12.2. The van der Waals surface area contributed by atoms with E-state index in [4.69, 9.17) is 5.73 Å². The Morgan fingerprint density at radius 3 is 2.89 bits per heavy atom. The third-order valence-corrected chi connectivity index (χ3v) is 3.23. The molecule has 0 radical (unpaired) electrons. The minimum atomic E-state index is 0.235. The maximum atomic E-state index is 6.02. The number of aromatic nitrogens is 2. The van der Waals surface area contributed by atoms with Crippen molar-refractivity contribution in [1.82, 2.24) is 9.97 Å². The van der Waals surface area contributed by atoms with Crippen molar-refractivity contribution in [3.8, 4) is 0 Å². The molecule has 106 valence electrons. The van der Waals surface area contributed by atoms with Gasteiger partial charge in [-0.05, 0) is 18.3 Å². The highest BCUT2D eigenvalue weighted by molar-refractivity contribution is 5.48. The Balaban J connectivity index is 2.02. The van der Waals surface area contributed by atoms with Gasteiger partial charge in [0, 0.05) is 31.7 Å². The first-order chi connectivity index (χ1) is 8.94. The van der Waals surface area contributed by atoms with E-state index in [0.29, 0.717) is 0 Å². The predicted molar refractivity (Wildman–Crippen MR) is 79.4 cm³/mol. The van der Waals surface area contributed by atoms with Crippen LogP contribution >= 0.6 is 0 Å². The average molecular weight is 263 g/mol. The molecule has 19 heavy (non-hydrogen) atoms. The molecule has 0 spiro atoms. The van der Waals surface area contributed by atoms with Crippen LogP contribution in [-0.4, -0.2) is 35.6 Å². The summed E-state index contributed by atoms with van der Waals surface area (Å²) in [5.74, 6) is 1.86. The number of nitrogens with zero attached hydrogens (tertiary/aromatic N) is 3. The van der Waals surface area contributed by atoms with E-state index in [1.807, 2.05) is 6.07 Å². The second-order valence-corrected chi connectivity index (χ2v) is 6.52. The molecule has 3 N–H and O–H groups in total. The number of nitrogens with two attached hydrogens (primary N) is 1. The van der Waals surface area contributed by atoms with Crippen LogP contribution < -0.4 is 16.0 Å². The van der Waals surface area contributed by atoms with Gasteiger partial charge in [0.2, 0.25) is 0 Å². The van der Waals surface area contributed by atoms with Crippen molar-refractivity contribution >= 4 is 11.6 Å². The van der Waals surface area contributed by atoms with Gasteiger partial charge in [0.15, 0.2) is 0 Å². The Hall–Kier alpha value is -1.36. The molecule has 1 unspecified atom stereocenters. The Morgan fingerprint density at radius 1 is 1.42 bits per heavy atom. The standard InChI is InChI=1S/C14H25N5/c1-14(2,3)9-16-12-7-13(18-10-17-12)19-6-4-5-11(15)8-19/h7,10-11H,4-6,8-9,15H2,1-3H3,(H,16,17,18). The van der Waals surface area contributed by atoms with Crippen molar-refractivity contribution < 1.29 is 0 Å². The maximum absolute atomic E-state index is 6.02. The normalized spacial score (nSPS) is 20.4. The fourth-order valence-corrected chi connectivity index (χ4v) is 2.19. The first-order valence-corrected chi connectivity index (χ1v) is 7.00. The van der Waals surface area contributed by atoms with E-state index in [1.54, 1.807) is 6.33 Å². The lowest BCUT2D eigenvalue weighted by molar-refractivity contribution is 0.442. The molecule has 0 aromatic carbocycles. The Bertz CT molecular complexity index is 413. The molecule has 1 saturated heterocycles. The highest BCUT2D eigenvalue weighted by Gasteiger charge is 2.18. The minimum Gasteiger partial charge on any atom is -0.369 e. The predicted octanol–water partition coefficient (Wildman–Crippen LogP) is 1.86. The van der Waals surface area contributed by atoms with Gasteiger partial charge in [0.1, 0.15) is 18.0 Å². The Kier molecular flexibility index (Phi) is 4.24. The van der Waals surface area contributed by atoms with E-state index in [2.05, 4.69) is 41.0 Å². The van der Waals surface area contributed by atoms with Gasteiger partial charge >= 0.3 is 0 Å². The summed E-state index contributed by atoms with van der Waals surface area (Å²) < 4.78 is 0.